The lowest BCUT2D eigenvalue weighted by Crippen LogP contribution is -2.37. The smallest absolute Gasteiger partial charge is 0.350 e. The van der Waals surface area contributed by atoms with Gasteiger partial charge in [-0.05, 0) is 55.7 Å². The van der Waals surface area contributed by atoms with E-state index in [1.54, 1.807) is 20.8 Å². The first-order valence-corrected chi connectivity index (χ1v) is 9.70. The standard InChI is InChI=1S/C21H23F3N4O/c1-12-8-16(21(22,23)24)9-13(2)20(12)17-4-5-19(26-25-17)28-7-6-15-10-27(14(3)29)11-18(15)28/h4-5,8-9,15,18H,6-7,10-11H2,1-3H3/t15-,18+/m0/s1. The first kappa shape index (κ1) is 19.7. The maximum Gasteiger partial charge on any atom is 0.416 e. The van der Waals surface area contributed by atoms with Gasteiger partial charge >= 0.3 is 6.18 Å². The summed E-state index contributed by atoms with van der Waals surface area (Å²) in [4.78, 5) is 15.7. The maximum atomic E-state index is 13.0. The molecule has 0 radical (unpaired) electrons. The van der Waals surface area contributed by atoms with E-state index in [-0.39, 0.29) is 11.9 Å². The molecule has 1 aromatic carbocycles. The first-order valence-electron chi connectivity index (χ1n) is 9.70. The number of hydrogen-bond donors (Lipinski definition) is 0. The molecule has 2 atom stereocenters. The van der Waals surface area contributed by atoms with Gasteiger partial charge in [-0.25, -0.2) is 0 Å². The van der Waals surface area contributed by atoms with Crippen LogP contribution in [-0.2, 0) is 11.0 Å². The minimum Gasteiger partial charge on any atom is -0.350 e. The Balaban J connectivity index is 1.59. The third-order valence-electron chi connectivity index (χ3n) is 6.05. The number of anilines is 1. The number of alkyl halides is 3. The van der Waals surface area contributed by atoms with Gasteiger partial charge in [-0.3, -0.25) is 4.79 Å². The van der Waals surface area contributed by atoms with Crippen LogP contribution in [0.3, 0.4) is 0 Å². The van der Waals surface area contributed by atoms with Crippen molar-refractivity contribution in [2.45, 2.75) is 39.4 Å². The number of carbonyl (C=O) groups is 1. The quantitative estimate of drug-likeness (QED) is 0.763. The van der Waals surface area contributed by atoms with Crippen molar-refractivity contribution in [1.82, 2.24) is 15.1 Å². The van der Waals surface area contributed by atoms with Crippen molar-refractivity contribution in [1.29, 1.82) is 0 Å². The Morgan fingerprint density at radius 3 is 2.34 bits per heavy atom. The molecule has 1 aromatic heterocycles. The fourth-order valence-electron chi connectivity index (χ4n) is 4.65. The molecule has 2 aliphatic heterocycles. The largest absolute Gasteiger partial charge is 0.416 e. The van der Waals surface area contributed by atoms with Crippen LogP contribution in [0, 0.1) is 19.8 Å². The van der Waals surface area contributed by atoms with E-state index in [0.717, 1.165) is 37.5 Å². The zero-order chi connectivity index (χ0) is 20.9. The molecule has 154 valence electrons. The Morgan fingerprint density at radius 1 is 1.10 bits per heavy atom. The van der Waals surface area contributed by atoms with E-state index in [0.29, 0.717) is 34.8 Å². The van der Waals surface area contributed by atoms with Crippen molar-refractivity contribution in [3.63, 3.8) is 0 Å². The fraction of sp³-hybridized carbons (Fsp3) is 0.476. The van der Waals surface area contributed by atoms with Crippen molar-refractivity contribution in [2.75, 3.05) is 24.5 Å². The normalized spacial score (nSPS) is 21.6. The summed E-state index contributed by atoms with van der Waals surface area (Å²) >= 11 is 0. The molecule has 4 rings (SSSR count). The highest BCUT2D eigenvalue weighted by atomic mass is 19.4. The molecule has 0 saturated carbocycles. The molecule has 3 heterocycles. The van der Waals surface area contributed by atoms with Crippen molar-refractivity contribution in [3.8, 4) is 11.3 Å². The lowest BCUT2D eigenvalue weighted by atomic mass is 9.96. The van der Waals surface area contributed by atoms with E-state index in [1.807, 2.05) is 17.0 Å². The molecule has 8 heteroatoms. The second-order valence-electron chi connectivity index (χ2n) is 7.99. The van der Waals surface area contributed by atoms with Crippen LogP contribution in [0.15, 0.2) is 24.3 Å². The van der Waals surface area contributed by atoms with Crippen LogP contribution in [0.2, 0.25) is 0 Å². The molecule has 2 saturated heterocycles. The van der Waals surface area contributed by atoms with Crippen LogP contribution >= 0.6 is 0 Å². The average Bonchev–Trinajstić information content (AvgIpc) is 3.22. The minimum absolute atomic E-state index is 0.0917. The number of aromatic nitrogens is 2. The summed E-state index contributed by atoms with van der Waals surface area (Å²) in [6, 6.07) is 6.23. The minimum atomic E-state index is -4.37. The van der Waals surface area contributed by atoms with Crippen molar-refractivity contribution in [3.05, 3.63) is 41.0 Å². The lowest BCUT2D eigenvalue weighted by molar-refractivity contribution is -0.137. The Morgan fingerprint density at radius 2 is 1.79 bits per heavy atom. The summed E-state index contributed by atoms with van der Waals surface area (Å²) in [5.41, 5.74) is 1.63. The number of carbonyl (C=O) groups excluding carboxylic acids is 1. The molecule has 0 N–H and O–H groups in total. The number of nitrogens with zero attached hydrogens (tertiary/aromatic N) is 4. The molecule has 0 spiro atoms. The molecular formula is C21H23F3N4O. The predicted octanol–water partition coefficient (Wildman–Crippen LogP) is 3.84. The maximum absolute atomic E-state index is 13.0. The second kappa shape index (κ2) is 7.00. The summed E-state index contributed by atoms with van der Waals surface area (Å²) in [5, 5.41) is 8.69. The van der Waals surface area contributed by atoms with Crippen molar-refractivity contribution >= 4 is 11.7 Å². The van der Waals surface area contributed by atoms with Crippen LogP contribution in [0.25, 0.3) is 11.3 Å². The number of fused-ring (bicyclic) bond motifs is 1. The summed E-state index contributed by atoms with van der Waals surface area (Å²) in [5.74, 6) is 1.28. The number of aryl methyl sites for hydroxylation is 2. The molecule has 2 aliphatic rings. The predicted molar refractivity (Wildman–Crippen MR) is 103 cm³/mol. The zero-order valence-corrected chi connectivity index (χ0v) is 16.6. The van der Waals surface area contributed by atoms with Gasteiger partial charge in [0.25, 0.3) is 0 Å². The Bertz CT molecular complexity index is 919. The Labute approximate surface area is 167 Å². The molecule has 5 nitrogen and oxygen atoms in total. The van der Waals surface area contributed by atoms with Gasteiger partial charge in [0, 0.05) is 38.0 Å². The van der Waals surface area contributed by atoms with Gasteiger partial charge in [0.2, 0.25) is 5.91 Å². The highest BCUT2D eigenvalue weighted by Gasteiger charge is 2.42. The van der Waals surface area contributed by atoms with Crippen molar-refractivity contribution < 1.29 is 18.0 Å². The van der Waals surface area contributed by atoms with E-state index in [1.165, 1.54) is 0 Å². The van der Waals surface area contributed by atoms with E-state index in [4.69, 9.17) is 0 Å². The Hall–Kier alpha value is -2.64. The highest BCUT2D eigenvalue weighted by Crippen LogP contribution is 2.37. The first-order chi connectivity index (χ1) is 13.6. The summed E-state index contributed by atoms with van der Waals surface area (Å²) in [7, 11) is 0. The molecule has 0 unspecified atom stereocenters. The van der Waals surface area contributed by atoms with Gasteiger partial charge in [-0.2, -0.15) is 13.2 Å². The summed E-state index contributed by atoms with van der Waals surface area (Å²) in [6.07, 6.45) is -3.36. The van der Waals surface area contributed by atoms with Gasteiger partial charge in [-0.1, -0.05) is 0 Å². The van der Waals surface area contributed by atoms with E-state index in [2.05, 4.69) is 15.1 Å². The topological polar surface area (TPSA) is 49.3 Å². The summed E-state index contributed by atoms with van der Waals surface area (Å²) < 4.78 is 39.1. The van der Waals surface area contributed by atoms with Gasteiger partial charge < -0.3 is 9.80 Å². The SMILES string of the molecule is CC(=O)N1C[C@@H]2CCN(c3ccc(-c4c(C)cc(C(F)(F)F)cc4C)nn3)[C@@H]2C1. The molecule has 0 bridgehead atoms. The van der Waals surface area contributed by atoms with Gasteiger partial charge in [0.15, 0.2) is 5.82 Å². The van der Waals surface area contributed by atoms with Crippen molar-refractivity contribution in [2.24, 2.45) is 5.92 Å². The van der Waals surface area contributed by atoms with Gasteiger partial charge in [0.1, 0.15) is 0 Å². The molecule has 0 aliphatic carbocycles. The number of amides is 1. The van der Waals surface area contributed by atoms with E-state index in [9.17, 15) is 18.0 Å². The van der Waals surface area contributed by atoms with E-state index < -0.39 is 11.7 Å². The van der Waals surface area contributed by atoms with Crippen LogP contribution in [0.5, 0.6) is 0 Å². The summed E-state index contributed by atoms with van der Waals surface area (Å²) in [6.45, 7) is 7.26. The van der Waals surface area contributed by atoms with Crippen LogP contribution in [0.1, 0.15) is 30.0 Å². The third kappa shape index (κ3) is 3.56. The molecule has 2 aromatic rings. The highest BCUT2D eigenvalue weighted by molar-refractivity contribution is 5.74. The van der Waals surface area contributed by atoms with Crippen LogP contribution < -0.4 is 4.90 Å². The third-order valence-corrected chi connectivity index (χ3v) is 6.05. The number of halogens is 3. The van der Waals surface area contributed by atoms with Crippen LogP contribution in [-0.4, -0.2) is 46.7 Å². The molecular weight excluding hydrogens is 381 g/mol. The average molecular weight is 404 g/mol. The fourth-order valence-corrected chi connectivity index (χ4v) is 4.65. The zero-order valence-electron chi connectivity index (χ0n) is 16.6. The van der Waals surface area contributed by atoms with E-state index >= 15 is 0 Å². The number of benzene rings is 1. The Kier molecular flexibility index (Phi) is 4.75. The molecule has 1 amide bonds. The number of hydrogen-bond acceptors (Lipinski definition) is 4. The number of rotatable bonds is 2. The van der Waals surface area contributed by atoms with Crippen LogP contribution in [0.4, 0.5) is 19.0 Å². The molecule has 2 fully saturated rings. The van der Waals surface area contributed by atoms with Gasteiger partial charge in [0.05, 0.1) is 17.3 Å². The van der Waals surface area contributed by atoms with Gasteiger partial charge in [-0.15, -0.1) is 10.2 Å². The second-order valence-corrected chi connectivity index (χ2v) is 7.99. The lowest BCUT2D eigenvalue weighted by Gasteiger charge is -2.25. The number of likely N-dealkylation sites (tertiary alicyclic amines) is 1. The molecule has 29 heavy (non-hydrogen) atoms. The monoisotopic (exact) mass is 404 g/mol.